The summed E-state index contributed by atoms with van der Waals surface area (Å²) in [5.74, 6) is -0.130. The topological polar surface area (TPSA) is 71.1 Å². The number of anilines is 1. The van der Waals surface area contributed by atoms with Crippen LogP contribution in [0.2, 0.25) is 0 Å². The molecular formula is C28H42FN3O4. The highest BCUT2D eigenvalue weighted by Gasteiger charge is 2.39. The number of ether oxygens (including phenoxy) is 2. The maximum atomic E-state index is 13.9. The first-order chi connectivity index (χ1) is 17.2. The molecule has 0 aromatic heterocycles. The zero-order valence-electron chi connectivity index (χ0n) is 22.2. The van der Waals surface area contributed by atoms with Gasteiger partial charge in [0, 0.05) is 43.2 Å². The fourth-order valence-electron chi connectivity index (χ4n) is 5.85. The highest BCUT2D eigenvalue weighted by atomic mass is 19.1. The van der Waals surface area contributed by atoms with E-state index in [-0.39, 0.29) is 35.0 Å². The molecule has 1 N–H and O–H groups in total. The van der Waals surface area contributed by atoms with E-state index in [4.69, 9.17) is 9.47 Å². The molecule has 1 saturated carbocycles. The Morgan fingerprint density at radius 3 is 2.53 bits per heavy atom. The number of nitrogens with zero attached hydrogens (tertiary/aromatic N) is 2. The lowest BCUT2D eigenvalue weighted by Crippen LogP contribution is -2.52. The summed E-state index contributed by atoms with van der Waals surface area (Å²) in [6, 6.07) is 4.75. The Kier molecular flexibility index (Phi) is 8.43. The van der Waals surface area contributed by atoms with Gasteiger partial charge in [-0.3, -0.25) is 4.79 Å². The highest BCUT2D eigenvalue weighted by Crippen LogP contribution is 2.41. The number of rotatable bonds is 7. The highest BCUT2D eigenvalue weighted by molar-refractivity contribution is 5.84. The number of hydrogen-bond donors (Lipinski definition) is 1. The average Bonchev–Trinajstić information content (AvgIpc) is 3.11. The van der Waals surface area contributed by atoms with E-state index >= 15 is 0 Å². The van der Waals surface area contributed by atoms with Gasteiger partial charge in [0.15, 0.2) is 6.10 Å². The van der Waals surface area contributed by atoms with Crippen LogP contribution in [0.5, 0.6) is 0 Å². The lowest BCUT2D eigenvalue weighted by Gasteiger charge is -2.35. The maximum absolute atomic E-state index is 13.9. The quantitative estimate of drug-likeness (QED) is 0.594. The smallest absolute Gasteiger partial charge is 0.408 e. The predicted molar refractivity (Wildman–Crippen MR) is 138 cm³/mol. The number of fused-ring (bicyclic) bond motifs is 1. The number of carbonyl (C=O) groups is 2. The maximum Gasteiger partial charge on any atom is 0.408 e. The summed E-state index contributed by atoms with van der Waals surface area (Å²) in [5, 5.41) is 3.07. The molecule has 0 spiro atoms. The van der Waals surface area contributed by atoms with Crippen LogP contribution in [0.15, 0.2) is 18.2 Å². The van der Waals surface area contributed by atoms with Gasteiger partial charge in [0.2, 0.25) is 0 Å². The molecule has 2 aliphatic heterocycles. The Bertz CT molecular complexity index is 925. The summed E-state index contributed by atoms with van der Waals surface area (Å²) in [6.45, 7) is 11.8. The van der Waals surface area contributed by atoms with Crippen LogP contribution in [0.1, 0.15) is 65.4 Å². The minimum atomic E-state index is -0.759. The van der Waals surface area contributed by atoms with Gasteiger partial charge in [-0.05, 0) is 42.5 Å². The minimum absolute atomic E-state index is 0.0542. The van der Waals surface area contributed by atoms with E-state index in [1.165, 1.54) is 6.07 Å². The fraction of sp³-hybridized carbons (Fsp3) is 0.714. The molecule has 8 heteroatoms. The molecule has 1 aromatic rings. The lowest BCUT2D eigenvalue weighted by atomic mass is 9.84. The van der Waals surface area contributed by atoms with E-state index in [0.717, 1.165) is 49.9 Å². The summed E-state index contributed by atoms with van der Waals surface area (Å²) >= 11 is 0. The SMILES string of the molecule is CC(C)C(CN1CC(C)(C)c2cc(F)ccc21)NC(=O)O[C@H](C(=O)N1CCOCC1)C1CCCCC1. The second-order valence-electron chi connectivity index (χ2n) is 11.6. The van der Waals surface area contributed by atoms with Crippen LogP contribution in [-0.2, 0) is 19.7 Å². The van der Waals surface area contributed by atoms with Crippen molar-refractivity contribution in [1.82, 2.24) is 10.2 Å². The van der Waals surface area contributed by atoms with Gasteiger partial charge in [0.1, 0.15) is 5.82 Å². The Morgan fingerprint density at radius 1 is 1.17 bits per heavy atom. The molecule has 4 rings (SSSR count). The number of hydrogen-bond acceptors (Lipinski definition) is 5. The third-order valence-corrected chi connectivity index (χ3v) is 8.02. The number of morpholine rings is 1. The van der Waals surface area contributed by atoms with Gasteiger partial charge in [-0.2, -0.15) is 0 Å². The van der Waals surface area contributed by atoms with Crippen molar-refractivity contribution in [3.05, 3.63) is 29.6 Å². The van der Waals surface area contributed by atoms with Crippen LogP contribution in [-0.4, -0.2) is 68.4 Å². The van der Waals surface area contributed by atoms with Gasteiger partial charge in [-0.15, -0.1) is 0 Å². The third-order valence-electron chi connectivity index (χ3n) is 8.02. The molecule has 2 amide bonds. The summed E-state index contributed by atoms with van der Waals surface area (Å²) in [6.07, 6.45) is 3.78. The number of amides is 2. The molecule has 1 aromatic carbocycles. The van der Waals surface area contributed by atoms with Crippen LogP contribution in [0.3, 0.4) is 0 Å². The first kappa shape index (κ1) is 26.7. The molecule has 7 nitrogen and oxygen atoms in total. The second kappa shape index (κ2) is 11.4. The number of alkyl carbamates (subject to hydrolysis) is 1. The monoisotopic (exact) mass is 503 g/mol. The van der Waals surface area contributed by atoms with Gasteiger partial charge >= 0.3 is 6.09 Å². The summed E-state index contributed by atoms with van der Waals surface area (Å²) in [4.78, 5) is 30.6. The van der Waals surface area contributed by atoms with E-state index in [1.54, 1.807) is 11.0 Å². The first-order valence-electron chi connectivity index (χ1n) is 13.5. The Balaban J connectivity index is 1.44. The molecule has 0 bridgehead atoms. The van der Waals surface area contributed by atoms with E-state index in [0.29, 0.717) is 32.8 Å². The number of halogens is 1. The van der Waals surface area contributed by atoms with Crippen LogP contribution >= 0.6 is 0 Å². The lowest BCUT2D eigenvalue weighted by molar-refractivity contribution is -0.148. The average molecular weight is 504 g/mol. The van der Waals surface area contributed by atoms with E-state index in [2.05, 4.69) is 37.9 Å². The minimum Gasteiger partial charge on any atom is -0.436 e. The van der Waals surface area contributed by atoms with Crippen molar-refractivity contribution >= 4 is 17.7 Å². The molecule has 3 aliphatic rings. The van der Waals surface area contributed by atoms with Crippen molar-refractivity contribution < 1.29 is 23.5 Å². The van der Waals surface area contributed by atoms with Gasteiger partial charge in [-0.25, -0.2) is 9.18 Å². The molecule has 36 heavy (non-hydrogen) atoms. The Hall–Kier alpha value is -2.35. The van der Waals surface area contributed by atoms with Gasteiger partial charge < -0.3 is 24.6 Å². The van der Waals surface area contributed by atoms with Crippen molar-refractivity contribution in [2.75, 3.05) is 44.3 Å². The first-order valence-corrected chi connectivity index (χ1v) is 13.5. The number of carbonyl (C=O) groups excluding carboxylic acids is 2. The number of nitrogens with one attached hydrogen (secondary N) is 1. The van der Waals surface area contributed by atoms with Crippen molar-refractivity contribution in [3.8, 4) is 0 Å². The molecule has 1 aliphatic carbocycles. The molecule has 1 saturated heterocycles. The Morgan fingerprint density at radius 2 is 1.86 bits per heavy atom. The van der Waals surface area contributed by atoms with Crippen LogP contribution < -0.4 is 10.2 Å². The molecule has 2 atom stereocenters. The standard InChI is InChI=1S/C28H42FN3O4/c1-19(2)23(17-32-18-28(3,4)22-16-21(29)10-11-24(22)32)30-27(34)36-25(20-8-6-5-7-9-20)26(33)31-12-14-35-15-13-31/h10-11,16,19-20,23,25H,5-9,12-15,17-18H2,1-4H3,(H,30,34)/t23?,25-/m0/s1. The molecular weight excluding hydrogens is 461 g/mol. The third kappa shape index (κ3) is 6.13. The zero-order valence-corrected chi connectivity index (χ0v) is 22.2. The zero-order chi connectivity index (χ0) is 25.9. The van der Waals surface area contributed by atoms with Gasteiger partial charge in [0.25, 0.3) is 5.91 Å². The van der Waals surface area contributed by atoms with E-state index in [1.807, 2.05) is 6.07 Å². The van der Waals surface area contributed by atoms with Crippen LogP contribution in [0.4, 0.5) is 14.9 Å². The van der Waals surface area contributed by atoms with Crippen molar-refractivity contribution in [2.24, 2.45) is 11.8 Å². The molecule has 200 valence electrons. The summed E-state index contributed by atoms with van der Waals surface area (Å²) in [7, 11) is 0. The van der Waals surface area contributed by atoms with Crippen LogP contribution in [0.25, 0.3) is 0 Å². The van der Waals surface area contributed by atoms with Gasteiger partial charge in [-0.1, -0.05) is 47.0 Å². The summed E-state index contributed by atoms with van der Waals surface area (Å²) < 4.78 is 25.3. The normalized spacial score (nSPS) is 21.7. The molecule has 2 fully saturated rings. The Labute approximate surface area is 214 Å². The van der Waals surface area contributed by atoms with Crippen molar-refractivity contribution in [2.45, 2.75) is 77.4 Å². The van der Waals surface area contributed by atoms with Crippen molar-refractivity contribution in [3.63, 3.8) is 0 Å². The second-order valence-corrected chi connectivity index (χ2v) is 11.6. The molecule has 2 heterocycles. The van der Waals surface area contributed by atoms with Crippen molar-refractivity contribution in [1.29, 1.82) is 0 Å². The molecule has 0 radical (unpaired) electrons. The number of benzene rings is 1. The van der Waals surface area contributed by atoms with E-state index in [9.17, 15) is 14.0 Å². The van der Waals surface area contributed by atoms with Gasteiger partial charge in [0.05, 0.1) is 19.3 Å². The van der Waals surface area contributed by atoms with E-state index < -0.39 is 12.2 Å². The fourth-order valence-corrected chi connectivity index (χ4v) is 5.85. The van der Waals surface area contributed by atoms with Crippen LogP contribution in [0, 0.1) is 17.7 Å². The predicted octanol–water partition coefficient (Wildman–Crippen LogP) is 4.48. The summed E-state index contributed by atoms with van der Waals surface area (Å²) in [5.41, 5.74) is 1.81. The molecule has 1 unspecified atom stereocenters. The largest absolute Gasteiger partial charge is 0.436 e.